The third-order valence-electron chi connectivity index (χ3n) is 4.97. The van der Waals surface area contributed by atoms with Gasteiger partial charge in [0.25, 0.3) is 6.02 Å². The molecule has 124 valence electrons. The van der Waals surface area contributed by atoms with E-state index < -0.39 is 5.54 Å². The number of hydrogen-bond acceptors (Lipinski definition) is 5. The van der Waals surface area contributed by atoms with E-state index in [0.717, 1.165) is 23.1 Å². The Bertz CT molecular complexity index is 852. The fourth-order valence-corrected chi connectivity index (χ4v) is 3.69. The molecule has 1 spiro atoms. The van der Waals surface area contributed by atoms with E-state index in [0.29, 0.717) is 17.9 Å². The van der Waals surface area contributed by atoms with E-state index in [-0.39, 0.29) is 17.9 Å². The van der Waals surface area contributed by atoms with Crippen LogP contribution < -0.4 is 10.5 Å². The molecule has 24 heavy (non-hydrogen) atoms. The first-order valence-corrected chi connectivity index (χ1v) is 7.85. The number of rotatable bonds is 2. The maximum atomic E-state index is 14.4. The van der Waals surface area contributed by atoms with E-state index >= 15 is 0 Å². The summed E-state index contributed by atoms with van der Waals surface area (Å²) in [4.78, 5) is 8.46. The standard InChI is InChI=1S/C18H18FN3O2/c1-10-18(22-17(20)24-10)7-11-4-3-5-12(14(11)8-18)13-6-16(23-2)21-9-15(13)19/h3-6,9-10H,7-8H2,1-2H3,(H2,20,22)/t10-,18-/m1/s1. The van der Waals surface area contributed by atoms with E-state index in [9.17, 15) is 4.39 Å². The number of nitrogens with two attached hydrogens (primary N) is 1. The maximum Gasteiger partial charge on any atom is 0.282 e. The van der Waals surface area contributed by atoms with Gasteiger partial charge < -0.3 is 15.2 Å². The zero-order valence-corrected chi connectivity index (χ0v) is 13.5. The number of amidine groups is 1. The van der Waals surface area contributed by atoms with Gasteiger partial charge in [-0.15, -0.1) is 0 Å². The highest BCUT2D eigenvalue weighted by Crippen LogP contribution is 2.43. The van der Waals surface area contributed by atoms with Gasteiger partial charge in [0.2, 0.25) is 5.88 Å². The van der Waals surface area contributed by atoms with E-state index in [1.54, 1.807) is 6.07 Å². The van der Waals surface area contributed by atoms with Crippen molar-refractivity contribution in [2.45, 2.75) is 31.4 Å². The maximum absolute atomic E-state index is 14.4. The van der Waals surface area contributed by atoms with Crippen LogP contribution in [-0.2, 0) is 17.6 Å². The molecule has 0 saturated carbocycles. The number of fused-ring (bicyclic) bond motifs is 1. The second-order valence-corrected chi connectivity index (χ2v) is 6.32. The Labute approximate surface area is 139 Å². The van der Waals surface area contributed by atoms with Crippen molar-refractivity contribution in [1.29, 1.82) is 0 Å². The van der Waals surface area contributed by atoms with Crippen LogP contribution >= 0.6 is 0 Å². The molecule has 0 saturated heterocycles. The van der Waals surface area contributed by atoms with Crippen molar-refractivity contribution in [3.05, 3.63) is 47.4 Å². The highest BCUT2D eigenvalue weighted by molar-refractivity contribution is 5.76. The molecule has 0 unspecified atom stereocenters. The summed E-state index contributed by atoms with van der Waals surface area (Å²) < 4.78 is 25.1. The predicted octanol–water partition coefficient (Wildman–Crippen LogP) is 2.47. The molecule has 2 N–H and O–H groups in total. The van der Waals surface area contributed by atoms with Gasteiger partial charge in [-0.05, 0) is 23.6 Å². The molecule has 2 aromatic rings. The Kier molecular flexibility index (Phi) is 3.23. The van der Waals surface area contributed by atoms with Gasteiger partial charge in [0, 0.05) is 24.5 Å². The molecule has 6 heteroatoms. The Balaban J connectivity index is 1.82. The molecule has 2 aliphatic rings. The third kappa shape index (κ3) is 2.13. The third-order valence-corrected chi connectivity index (χ3v) is 4.97. The molecule has 0 bridgehead atoms. The monoisotopic (exact) mass is 327 g/mol. The number of hydrogen-bond donors (Lipinski definition) is 1. The zero-order chi connectivity index (χ0) is 16.9. The molecular weight excluding hydrogens is 309 g/mol. The first-order valence-electron chi connectivity index (χ1n) is 7.85. The quantitative estimate of drug-likeness (QED) is 0.920. The zero-order valence-electron chi connectivity index (χ0n) is 13.5. The van der Waals surface area contributed by atoms with Gasteiger partial charge in [0.1, 0.15) is 17.5 Å². The van der Waals surface area contributed by atoms with Crippen LogP contribution in [0.3, 0.4) is 0 Å². The van der Waals surface area contributed by atoms with Gasteiger partial charge in [0.15, 0.2) is 0 Å². The Morgan fingerprint density at radius 3 is 2.88 bits per heavy atom. The smallest absolute Gasteiger partial charge is 0.282 e. The van der Waals surface area contributed by atoms with Crippen LogP contribution in [0.25, 0.3) is 11.1 Å². The number of pyridine rings is 1. The lowest BCUT2D eigenvalue weighted by atomic mass is 9.90. The fraction of sp³-hybridized carbons (Fsp3) is 0.333. The summed E-state index contributed by atoms with van der Waals surface area (Å²) in [7, 11) is 1.52. The van der Waals surface area contributed by atoms with Gasteiger partial charge in [-0.3, -0.25) is 0 Å². The summed E-state index contributed by atoms with van der Waals surface area (Å²) in [5.41, 5.74) is 8.94. The van der Waals surface area contributed by atoms with Crippen LogP contribution in [0.1, 0.15) is 18.1 Å². The van der Waals surface area contributed by atoms with E-state index in [1.165, 1.54) is 13.3 Å². The van der Waals surface area contributed by atoms with Crippen molar-refractivity contribution < 1.29 is 13.9 Å². The molecule has 1 aliphatic heterocycles. The van der Waals surface area contributed by atoms with E-state index in [1.807, 2.05) is 19.1 Å². The minimum atomic E-state index is -0.393. The number of methoxy groups -OCH3 is 1. The molecule has 5 nitrogen and oxygen atoms in total. The number of aliphatic imine (C=N–C) groups is 1. The lowest BCUT2D eigenvalue weighted by Crippen LogP contribution is -2.36. The van der Waals surface area contributed by atoms with Crippen molar-refractivity contribution in [3.63, 3.8) is 0 Å². The fourth-order valence-electron chi connectivity index (χ4n) is 3.69. The summed E-state index contributed by atoms with van der Waals surface area (Å²) in [5, 5.41) is 0. The van der Waals surface area contributed by atoms with E-state index in [2.05, 4.69) is 16.0 Å². The van der Waals surface area contributed by atoms with Gasteiger partial charge in [-0.2, -0.15) is 0 Å². The van der Waals surface area contributed by atoms with Crippen LogP contribution in [0.15, 0.2) is 35.5 Å². The number of nitrogens with zero attached hydrogens (tertiary/aromatic N) is 2. The first-order chi connectivity index (χ1) is 11.5. The second kappa shape index (κ2) is 5.19. The van der Waals surface area contributed by atoms with E-state index in [4.69, 9.17) is 15.2 Å². The number of aromatic nitrogens is 1. The topological polar surface area (TPSA) is 69.7 Å². The molecule has 1 aromatic carbocycles. The van der Waals surface area contributed by atoms with Gasteiger partial charge in [-0.25, -0.2) is 14.4 Å². The minimum Gasteiger partial charge on any atom is -0.481 e. The number of benzene rings is 1. The molecule has 2 atom stereocenters. The predicted molar refractivity (Wildman–Crippen MR) is 88.5 cm³/mol. The van der Waals surface area contributed by atoms with Crippen LogP contribution in [0, 0.1) is 5.82 Å². The number of halogens is 1. The van der Waals surface area contributed by atoms with Gasteiger partial charge in [-0.1, -0.05) is 18.2 Å². The molecule has 0 fully saturated rings. The Morgan fingerprint density at radius 1 is 1.33 bits per heavy atom. The second-order valence-electron chi connectivity index (χ2n) is 6.32. The van der Waals surface area contributed by atoms with Gasteiger partial charge >= 0.3 is 0 Å². The van der Waals surface area contributed by atoms with Crippen molar-refractivity contribution in [1.82, 2.24) is 4.98 Å². The molecule has 0 radical (unpaired) electrons. The normalized spacial score (nSPS) is 24.6. The highest BCUT2D eigenvalue weighted by Gasteiger charge is 2.48. The molecule has 0 amide bonds. The SMILES string of the molecule is COc1cc(-c2cccc3c2C[C@@]2(C3)N=C(N)O[C@@H]2C)c(F)cn1. The molecule has 2 heterocycles. The molecule has 4 rings (SSSR count). The average Bonchev–Trinajstić information content (AvgIpc) is 3.06. The largest absolute Gasteiger partial charge is 0.481 e. The lowest BCUT2D eigenvalue weighted by molar-refractivity contribution is 0.157. The van der Waals surface area contributed by atoms with Crippen LogP contribution in [0.4, 0.5) is 4.39 Å². The Morgan fingerprint density at radius 2 is 2.17 bits per heavy atom. The van der Waals surface area contributed by atoms with Crippen molar-refractivity contribution in [2.24, 2.45) is 10.7 Å². The van der Waals surface area contributed by atoms with Crippen molar-refractivity contribution >= 4 is 6.02 Å². The summed E-state index contributed by atoms with van der Waals surface area (Å²) >= 11 is 0. The summed E-state index contributed by atoms with van der Waals surface area (Å²) in [6.45, 7) is 1.98. The van der Waals surface area contributed by atoms with Crippen LogP contribution in [-0.4, -0.2) is 29.8 Å². The summed E-state index contributed by atoms with van der Waals surface area (Å²) in [6, 6.07) is 7.77. The molecular formula is C18H18FN3O2. The average molecular weight is 327 g/mol. The first kappa shape index (κ1) is 14.9. The highest BCUT2D eigenvalue weighted by atomic mass is 19.1. The summed E-state index contributed by atoms with van der Waals surface area (Å²) in [5.74, 6) is 0.0143. The van der Waals surface area contributed by atoms with Crippen molar-refractivity contribution in [3.8, 4) is 17.0 Å². The van der Waals surface area contributed by atoms with Crippen LogP contribution in [0.2, 0.25) is 0 Å². The minimum absolute atomic E-state index is 0.102. The Hall–Kier alpha value is -2.63. The van der Waals surface area contributed by atoms with Gasteiger partial charge in [0.05, 0.1) is 13.3 Å². The molecule has 1 aliphatic carbocycles. The molecule has 1 aromatic heterocycles. The summed E-state index contributed by atoms with van der Waals surface area (Å²) in [6.07, 6.45) is 2.50. The lowest BCUT2D eigenvalue weighted by Gasteiger charge is -2.23. The van der Waals surface area contributed by atoms with Crippen LogP contribution in [0.5, 0.6) is 5.88 Å². The number of ether oxygens (including phenoxy) is 2. The van der Waals surface area contributed by atoms with Crippen molar-refractivity contribution in [2.75, 3.05) is 7.11 Å².